The predicted molar refractivity (Wildman–Crippen MR) is 124 cm³/mol. The molecule has 30 heavy (non-hydrogen) atoms. The molecular weight excluding hydrogens is 400 g/mol. The molecule has 0 aromatic heterocycles. The number of methoxy groups -OCH3 is 1. The third-order valence-corrected chi connectivity index (χ3v) is 9.92. The van der Waals surface area contributed by atoms with E-state index in [0.29, 0.717) is 26.1 Å². The zero-order chi connectivity index (χ0) is 23.3. The lowest BCUT2D eigenvalue weighted by atomic mass is 10.0. The van der Waals surface area contributed by atoms with Gasteiger partial charge >= 0.3 is 5.97 Å². The number of rotatable bonds is 17. The van der Waals surface area contributed by atoms with Gasteiger partial charge in [0.25, 0.3) is 0 Å². The molecule has 0 saturated carbocycles. The highest BCUT2D eigenvalue weighted by molar-refractivity contribution is 6.73. The van der Waals surface area contributed by atoms with E-state index in [1.807, 2.05) is 6.92 Å². The van der Waals surface area contributed by atoms with Crippen molar-refractivity contribution in [3.05, 3.63) is 0 Å². The maximum atomic E-state index is 11.6. The van der Waals surface area contributed by atoms with Crippen molar-refractivity contribution in [1.29, 1.82) is 0 Å². The van der Waals surface area contributed by atoms with Crippen LogP contribution >= 0.6 is 0 Å². The zero-order valence-electron chi connectivity index (χ0n) is 21.1. The Morgan fingerprint density at radius 3 is 2.13 bits per heavy atom. The third-order valence-electron chi connectivity index (χ3n) is 5.81. The summed E-state index contributed by atoms with van der Waals surface area (Å²) in [6.07, 6.45) is 7.88. The average molecular weight is 449 g/mol. The molecule has 0 spiro atoms. The third kappa shape index (κ3) is 13.0. The summed E-state index contributed by atoms with van der Waals surface area (Å²) in [7, 11) is -0.455. The van der Waals surface area contributed by atoms with Crippen LogP contribution in [0.5, 0.6) is 0 Å². The molecule has 0 N–H and O–H groups in total. The molecule has 0 bridgehead atoms. The van der Waals surface area contributed by atoms with E-state index in [9.17, 15) is 4.79 Å². The van der Waals surface area contributed by atoms with Crippen molar-refractivity contribution in [1.82, 2.24) is 0 Å². The summed E-state index contributed by atoms with van der Waals surface area (Å²) in [5, 5.41) is 0.0270. The van der Waals surface area contributed by atoms with Crippen LogP contribution in [-0.2, 0) is 28.5 Å². The predicted octanol–water partition coefficient (Wildman–Crippen LogP) is 6.39. The Kier molecular flexibility index (Phi) is 14.3. The van der Waals surface area contributed by atoms with E-state index >= 15 is 0 Å². The molecule has 6 nitrogen and oxygen atoms in total. The first kappa shape index (κ1) is 29.5. The molecule has 0 aliphatic carbocycles. The summed E-state index contributed by atoms with van der Waals surface area (Å²) in [4.78, 5) is 17.5. The van der Waals surface area contributed by atoms with Gasteiger partial charge in [-0.25, -0.2) is 4.89 Å². The molecule has 2 atom stereocenters. The number of hydrogen-bond acceptors (Lipinski definition) is 6. The van der Waals surface area contributed by atoms with Crippen LogP contribution in [0.1, 0.15) is 92.9 Å². The normalized spacial score (nSPS) is 15.6. The van der Waals surface area contributed by atoms with Crippen molar-refractivity contribution >= 4 is 14.3 Å². The highest BCUT2D eigenvalue weighted by Gasteiger charge is 2.41. The van der Waals surface area contributed by atoms with Crippen molar-refractivity contribution in [2.45, 2.75) is 123 Å². The number of carbonyl (C=O) groups is 1. The minimum atomic E-state index is -2.10. The van der Waals surface area contributed by atoms with Crippen LogP contribution in [0.3, 0.4) is 0 Å². The molecule has 0 amide bonds. The van der Waals surface area contributed by atoms with Gasteiger partial charge in [-0.3, -0.25) is 9.37 Å². The fraction of sp³-hybridized carbons (Fsp3) is 0.957. The van der Waals surface area contributed by atoms with Gasteiger partial charge in [-0.2, -0.15) is 0 Å². The minimum absolute atomic E-state index is 0.0270. The first-order chi connectivity index (χ1) is 13.9. The Morgan fingerprint density at radius 2 is 1.60 bits per heavy atom. The molecular formula is C23H48O6Si. The van der Waals surface area contributed by atoms with Gasteiger partial charge in [-0.15, -0.1) is 0 Å². The average Bonchev–Trinajstić information content (AvgIpc) is 2.63. The van der Waals surface area contributed by atoms with Crippen molar-refractivity contribution < 1.29 is 28.5 Å². The lowest BCUT2D eigenvalue weighted by Gasteiger charge is -2.38. The molecule has 0 heterocycles. The topological polar surface area (TPSA) is 63.2 Å². The van der Waals surface area contributed by atoms with Gasteiger partial charge in [-0.1, -0.05) is 53.4 Å². The zero-order valence-corrected chi connectivity index (χ0v) is 22.1. The van der Waals surface area contributed by atoms with E-state index < -0.39 is 14.1 Å². The molecule has 180 valence electrons. The maximum Gasteiger partial charge on any atom is 0.302 e. The summed E-state index contributed by atoms with van der Waals surface area (Å²) in [6, 6.07) is 0. The Hall–Kier alpha value is -0.473. The highest BCUT2D eigenvalue weighted by Crippen LogP contribution is 2.38. The van der Waals surface area contributed by atoms with Crippen molar-refractivity contribution in [2.24, 2.45) is 0 Å². The van der Waals surface area contributed by atoms with Crippen LogP contribution in [0.2, 0.25) is 18.1 Å². The van der Waals surface area contributed by atoms with E-state index in [-0.39, 0.29) is 17.1 Å². The lowest BCUT2D eigenvalue weighted by molar-refractivity contribution is -0.386. The molecule has 0 aliphatic heterocycles. The smallest absolute Gasteiger partial charge is 0.302 e. The van der Waals surface area contributed by atoms with Gasteiger partial charge in [-0.05, 0) is 44.3 Å². The second-order valence-corrected chi connectivity index (χ2v) is 14.6. The number of carbonyl (C=O) groups excluding carboxylic acids is 1. The molecule has 0 rings (SSSR count). The lowest BCUT2D eigenvalue weighted by Crippen LogP contribution is -2.45. The first-order valence-electron chi connectivity index (χ1n) is 11.5. The van der Waals surface area contributed by atoms with Crippen LogP contribution < -0.4 is 0 Å². The van der Waals surface area contributed by atoms with E-state index in [2.05, 4.69) is 40.8 Å². The molecule has 0 aromatic rings. The van der Waals surface area contributed by atoms with E-state index in [1.165, 1.54) is 26.2 Å². The molecule has 0 fully saturated rings. The number of unbranched alkanes of at least 4 members (excludes halogenated alkanes) is 4. The monoisotopic (exact) mass is 448 g/mol. The summed E-state index contributed by atoms with van der Waals surface area (Å²) in [5.41, 5.74) is 0. The Bertz CT molecular complexity index is 463. The highest BCUT2D eigenvalue weighted by atomic mass is 28.4. The standard InChI is InChI=1S/C23H48O6Si/c1-10-11-12-13-14-15-21(27-20(2)24)16-17-23(6,26-19-18-25-7)28-29-30(8,9)22(3,4)5/h21H,10-19H2,1-9H3. The second-order valence-electron chi connectivity index (χ2n) is 9.88. The van der Waals surface area contributed by atoms with Crippen molar-refractivity contribution in [2.75, 3.05) is 20.3 Å². The minimum Gasteiger partial charge on any atom is -0.463 e. The second kappa shape index (κ2) is 14.6. The van der Waals surface area contributed by atoms with E-state index in [1.54, 1.807) is 7.11 Å². The summed E-state index contributed by atoms with van der Waals surface area (Å²) in [6.45, 7) is 17.2. The van der Waals surface area contributed by atoms with Gasteiger partial charge in [0.1, 0.15) is 6.10 Å². The van der Waals surface area contributed by atoms with Crippen LogP contribution in [-0.4, -0.2) is 46.5 Å². The Morgan fingerprint density at radius 1 is 0.967 bits per heavy atom. The van der Waals surface area contributed by atoms with Crippen LogP contribution in [0.25, 0.3) is 0 Å². The summed E-state index contributed by atoms with van der Waals surface area (Å²) < 4.78 is 22.7. The van der Waals surface area contributed by atoms with Gasteiger partial charge in [0.05, 0.1) is 13.2 Å². The Balaban J connectivity index is 4.95. The molecule has 0 radical (unpaired) electrons. The maximum absolute atomic E-state index is 11.6. The fourth-order valence-corrected chi connectivity index (χ4v) is 3.33. The van der Waals surface area contributed by atoms with Gasteiger partial charge in [0, 0.05) is 20.5 Å². The molecule has 0 aromatic carbocycles. The van der Waals surface area contributed by atoms with Crippen LogP contribution in [0.4, 0.5) is 0 Å². The molecule has 7 heteroatoms. The quantitative estimate of drug-likeness (QED) is 0.0641. The first-order valence-corrected chi connectivity index (χ1v) is 14.4. The largest absolute Gasteiger partial charge is 0.463 e. The number of ether oxygens (including phenoxy) is 3. The molecule has 0 saturated heterocycles. The SMILES string of the molecule is CCCCCCCC(CCC(C)(OCCOC)OO[Si](C)(C)C(C)(C)C)OC(C)=O. The Labute approximate surface area is 186 Å². The van der Waals surface area contributed by atoms with Crippen molar-refractivity contribution in [3.8, 4) is 0 Å². The number of hydrogen-bond donors (Lipinski definition) is 0. The number of esters is 1. The van der Waals surface area contributed by atoms with E-state index in [0.717, 1.165) is 19.3 Å². The van der Waals surface area contributed by atoms with Crippen LogP contribution in [0.15, 0.2) is 0 Å². The molecule has 2 unspecified atom stereocenters. The van der Waals surface area contributed by atoms with Crippen LogP contribution in [0, 0.1) is 0 Å². The van der Waals surface area contributed by atoms with Crippen molar-refractivity contribution in [3.63, 3.8) is 0 Å². The van der Waals surface area contributed by atoms with Gasteiger partial charge in [0.15, 0.2) is 5.79 Å². The van der Waals surface area contributed by atoms with Gasteiger partial charge < -0.3 is 14.2 Å². The molecule has 0 aliphatic rings. The fourth-order valence-electron chi connectivity index (χ4n) is 2.69. The van der Waals surface area contributed by atoms with E-state index in [4.69, 9.17) is 23.7 Å². The summed E-state index contributed by atoms with van der Waals surface area (Å²) in [5.74, 6) is -1.16. The van der Waals surface area contributed by atoms with Gasteiger partial charge in [0.2, 0.25) is 8.32 Å². The summed E-state index contributed by atoms with van der Waals surface area (Å²) >= 11 is 0.